The van der Waals surface area contributed by atoms with Crippen LogP contribution in [0.5, 0.6) is 5.75 Å². The lowest BCUT2D eigenvalue weighted by Gasteiger charge is -2.12. The molecule has 0 atom stereocenters. The summed E-state index contributed by atoms with van der Waals surface area (Å²) in [4.78, 5) is 25.2. The predicted octanol–water partition coefficient (Wildman–Crippen LogP) is 6.04. The molecule has 0 bridgehead atoms. The first kappa shape index (κ1) is 27.7. The Balaban J connectivity index is 1.53. The van der Waals surface area contributed by atoms with Crippen molar-refractivity contribution >= 4 is 64.1 Å². The molecule has 8 nitrogen and oxygen atoms in total. The Kier molecular flexibility index (Phi) is 9.11. The number of ether oxygens (including phenoxy) is 1. The Morgan fingerprint density at radius 3 is 2.45 bits per heavy atom. The maximum Gasteiger partial charge on any atom is 0.256 e. The highest BCUT2D eigenvalue weighted by molar-refractivity contribution is 7.99. The van der Waals surface area contributed by atoms with Crippen LogP contribution in [-0.4, -0.2) is 39.4 Å². The van der Waals surface area contributed by atoms with Crippen LogP contribution in [0.1, 0.15) is 16.2 Å². The van der Waals surface area contributed by atoms with E-state index in [1.54, 1.807) is 54.1 Å². The average molecular weight is 595 g/mol. The van der Waals surface area contributed by atoms with E-state index in [-0.39, 0.29) is 28.8 Å². The van der Waals surface area contributed by atoms with Crippen molar-refractivity contribution < 1.29 is 18.7 Å². The predicted molar refractivity (Wildman–Crippen MR) is 146 cm³/mol. The summed E-state index contributed by atoms with van der Waals surface area (Å²) in [7, 11) is 1.56. The molecule has 0 unspecified atom stereocenters. The van der Waals surface area contributed by atoms with Crippen molar-refractivity contribution in [3.8, 4) is 11.4 Å². The number of hydrogen-bond donors (Lipinski definition) is 2. The van der Waals surface area contributed by atoms with Crippen molar-refractivity contribution in [1.29, 1.82) is 0 Å². The van der Waals surface area contributed by atoms with E-state index in [0.717, 1.165) is 17.8 Å². The van der Waals surface area contributed by atoms with E-state index < -0.39 is 11.7 Å². The highest BCUT2D eigenvalue weighted by Crippen LogP contribution is 2.28. The zero-order valence-corrected chi connectivity index (χ0v) is 22.8. The monoisotopic (exact) mass is 593 g/mol. The third kappa shape index (κ3) is 6.57. The smallest absolute Gasteiger partial charge is 0.256 e. The van der Waals surface area contributed by atoms with Gasteiger partial charge in [0.05, 0.1) is 45.7 Å². The van der Waals surface area contributed by atoms with E-state index in [9.17, 15) is 14.0 Å². The van der Waals surface area contributed by atoms with Crippen LogP contribution in [-0.2, 0) is 11.3 Å². The summed E-state index contributed by atoms with van der Waals surface area (Å²) in [5, 5.41) is 14.7. The van der Waals surface area contributed by atoms with Crippen LogP contribution in [0.3, 0.4) is 0 Å². The van der Waals surface area contributed by atoms with Crippen LogP contribution < -0.4 is 15.4 Å². The average Bonchev–Trinajstić information content (AvgIpc) is 3.31. The van der Waals surface area contributed by atoms with E-state index in [1.807, 2.05) is 0 Å². The van der Waals surface area contributed by atoms with Crippen LogP contribution in [0.25, 0.3) is 5.69 Å². The zero-order valence-electron chi connectivity index (χ0n) is 19.7. The largest absolute Gasteiger partial charge is 0.497 e. The Morgan fingerprint density at radius 2 is 1.76 bits per heavy atom. The molecule has 2 N–H and O–H groups in total. The number of thioether (sulfide) groups is 1. The third-order valence-electron chi connectivity index (χ3n) is 5.16. The Labute approximate surface area is 236 Å². The van der Waals surface area contributed by atoms with Crippen molar-refractivity contribution in [2.24, 2.45) is 0 Å². The molecule has 0 spiro atoms. The van der Waals surface area contributed by atoms with E-state index in [4.69, 9.17) is 39.5 Å². The molecule has 3 aromatic carbocycles. The fourth-order valence-corrected chi connectivity index (χ4v) is 4.67. The normalized spacial score (nSPS) is 10.8. The first-order valence-corrected chi connectivity index (χ1v) is 13.1. The quantitative estimate of drug-likeness (QED) is 0.230. The molecule has 13 heteroatoms. The second kappa shape index (κ2) is 12.5. The fourth-order valence-electron chi connectivity index (χ4n) is 3.36. The summed E-state index contributed by atoms with van der Waals surface area (Å²) in [6, 6.07) is 15.8. The van der Waals surface area contributed by atoms with Gasteiger partial charge in [-0.1, -0.05) is 52.6 Å². The molecule has 0 saturated carbocycles. The standard InChI is InChI=1S/C25H19Cl3FN5O3S/c1-37-16-8-5-14(6-9-16)31-22(35)13-38-25-33-32-21(34(25)15-7-10-17(26)19(28)11-15)12-30-24(36)23-18(27)3-2-4-20(23)29/h2-11H,12-13H2,1H3,(H,30,36)(H,31,35). The van der Waals surface area contributed by atoms with Gasteiger partial charge in [-0.3, -0.25) is 14.2 Å². The van der Waals surface area contributed by atoms with Crippen molar-refractivity contribution in [2.75, 3.05) is 18.2 Å². The van der Waals surface area contributed by atoms with Crippen molar-refractivity contribution in [1.82, 2.24) is 20.1 Å². The maximum absolute atomic E-state index is 14.2. The number of hydrogen-bond acceptors (Lipinski definition) is 6. The van der Waals surface area contributed by atoms with Gasteiger partial charge in [0, 0.05) is 5.69 Å². The Morgan fingerprint density at radius 1 is 1.00 bits per heavy atom. The number of methoxy groups -OCH3 is 1. The highest BCUT2D eigenvalue weighted by atomic mass is 35.5. The Hall–Kier alpha value is -3.31. The number of benzene rings is 3. The minimum absolute atomic E-state index is 0.0165. The van der Waals surface area contributed by atoms with Gasteiger partial charge >= 0.3 is 0 Å². The van der Waals surface area contributed by atoms with E-state index >= 15 is 0 Å². The number of carbonyl (C=O) groups excluding carboxylic acids is 2. The second-order valence-corrected chi connectivity index (χ2v) is 9.84. The molecule has 0 aliphatic heterocycles. The number of carbonyl (C=O) groups is 2. The molecular formula is C25H19Cl3FN5O3S. The van der Waals surface area contributed by atoms with Crippen LogP contribution in [0, 0.1) is 5.82 Å². The van der Waals surface area contributed by atoms with Crippen molar-refractivity contribution in [2.45, 2.75) is 11.7 Å². The molecule has 0 saturated heterocycles. The van der Waals surface area contributed by atoms with Crippen LogP contribution in [0.15, 0.2) is 65.8 Å². The van der Waals surface area contributed by atoms with Gasteiger partial charge in [-0.15, -0.1) is 10.2 Å². The van der Waals surface area contributed by atoms with Gasteiger partial charge in [0.1, 0.15) is 11.6 Å². The van der Waals surface area contributed by atoms with Gasteiger partial charge in [0.15, 0.2) is 11.0 Å². The molecule has 4 aromatic rings. The number of halogens is 4. The molecule has 2 amide bonds. The molecule has 0 aliphatic carbocycles. The number of aromatic nitrogens is 3. The summed E-state index contributed by atoms with van der Waals surface area (Å²) < 4.78 is 20.9. The van der Waals surface area contributed by atoms with Gasteiger partial charge in [-0.25, -0.2) is 4.39 Å². The topological polar surface area (TPSA) is 98.1 Å². The summed E-state index contributed by atoms with van der Waals surface area (Å²) in [6.07, 6.45) is 0. The van der Waals surface area contributed by atoms with Gasteiger partial charge in [0.2, 0.25) is 5.91 Å². The lowest BCUT2D eigenvalue weighted by molar-refractivity contribution is -0.113. The summed E-state index contributed by atoms with van der Waals surface area (Å²) >= 11 is 19.4. The van der Waals surface area contributed by atoms with E-state index in [1.165, 1.54) is 12.1 Å². The number of nitrogens with zero attached hydrogens (tertiary/aromatic N) is 3. The molecule has 38 heavy (non-hydrogen) atoms. The summed E-state index contributed by atoms with van der Waals surface area (Å²) in [6.45, 7) is -0.116. The molecule has 1 heterocycles. The van der Waals surface area contributed by atoms with Gasteiger partial charge < -0.3 is 15.4 Å². The zero-order chi connectivity index (χ0) is 27.2. The Bertz CT molecular complexity index is 1460. The van der Waals surface area contributed by atoms with Crippen LogP contribution in [0.2, 0.25) is 15.1 Å². The molecule has 4 rings (SSSR count). The lowest BCUT2D eigenvalue weighted by Crippen LogP contribution is -2.26. The van der Waals surface area contributed by atoms with E-state index in [0.29, 0.717) is 38.2 Å². The third-order valence-corrected chi connectivity index (χ3v) is 7.15. The number of nitrogens with one attached hydrogen (secondary N) is 2. The van der Waals surface area contributed by atoms with Gasteiger partial charge in [0.25, 0.3) is 5.91 Å². The minimum atomic E-state index is -0.750. The number of amides is 2. The summed E-state index contributed by atoms with van der Waals surface area (Å²) in [5.74, 6) is -0.744. The first-order valence-electron chi connectivity index (χ1n) is 11.0. The number of anilines is 1. The SMILES string of the molecule is COc1ccc(NC(=O)CSc2nnc(CNC(=O)c3c(F)cccc3Cl)n2-c2ccc(Cl)c(Cl)c2)cc1. The lowest BCUT2D eigenvalue weighted by atomic mass is 10.2. The summed E-state index contributed by atoms with van der Waals surface area (Å²) in [5.41, 5.74) is 0.882. The molecular weight excluding hydrogens is 576 g/mol. The molecule has 196 valence electrons. The molecule has 1 aromatic heterocycles. The maximum atomic E-state index is 14.2. The number of rotatable bonds is 9. The van der Waals surface area contributed by atoms with E-state index in [2.05, 4.69) is 20.8 Å². The van der Waals surface area contributed by atoms with Crippen molar-refractivity contribution in [3.05, 3.63) is 92.9 Å². The van der Waals surface area contributed by atoms with Gasteiger partial charge in [-0.2, -0.15) is 0 Å². The second-order valence-electron chi connectivity index (χ2n) is 7.68. The molecule has 0 radical (unpaired) electrons. The van der Waals surface area contributed by atoms with Crippen LogP contribution >= 0.6 is 46.6 Å². The van der Waals surface area contributed by atoms with Crippen LogP contribution in [0.4, 0.5) is 10.1 Å². The van der Waals surface area contributed by atoms with Gasteiger partial charge in [-0.05, 0) is 54.6 Å². The molecule has 0 aliphatic rings. The van der Waals surface area contributed by atoms with Crippen molar-refractivity contribution in [3.63, 3.8) is 0 Å². The highest BCUT2D eigenvalue weighted by Gasteiger charge is 2.20. The molecule has 0 fully saturated rings. The fraction of sp³-hybridized carbons (Fsp3) is 0.120. The minimum Gasteiger partial charge on any atom is -0.497 e. The first-order chi connectivity index (χ1) is 18.3.